The SMILES string of the molecule is CC(C)CC(C)Nc1cc2c(cc1N)OCCO2. The van der Waals surface area contributed by atoms with Crippen LogP contribution >= 0.6 is 0 Å². The van der Waals surface area contributed by atoms with Gasteiger partial charge in [0.2, 0.25) is 0 Å². The van der Waals surface area contributed by atoms with Crippen LogP contribution in [-0.4, -0.2) is 19.3 Å². The normalized spacial score (nSPS) is 15.6. The summed E-state index contributed by atoms with van der Waals surface area (Å²) in [7, 11) is 0. The van der Waals surface area contributed by atoms with E-state index < -0.39 is 0 Å². The molecule has 1 aromatic carbocycles. The van der Waals surface area contributed by atoms with Crippen LogP contribution in [0.4, 0.5) is 11.4 Å². The number of benzene rings is 1. The predicted molar refractivity (Wildman–Crippen MR) is 74.4 cm³/mol. The number of ether oxygens (including phenoxy) is 2. The van der Waals surface area contributed by atoms with Crippen LogP contribution in [0.3, 0.4) is 0 Å². The summed E-state index contributed by atoms with van der Waals surface area (Å²) in [5.41, 5.74) is 7.65. The van der Waals surface area contributed by atoms with Crippen molar-refractivity contribution < 1.29 is 9.47 Å². The lowest BCUT2D eigenvalue weighted by atomic mass is 10.0. The lowest BCUT2D eigenvalue weighted by Crippen LogP contribution is -2.20. The molecule has 18 heavy (non-hydrogen) atoms. The maximum absolute atomic E-state index is 6.03. The van der Waals surface area contributed by atoms with E-state index in [1.54, 1.807) is 0 Å². The van der Waals surface area contributed by atoms with Gasteiger partial charge in [-0.05, 0) is 19.3 Å². The summed E-state index contributed by atoms with van der Waals surface area (Å²) < 4.78 is 11.1. The first-order chi connectivity index (χ1) is 8.56. The Kier molecular flexibility index (Phi) is 3.84. The van der Waals surface area contributed by atoms with E-state index in [2.05, 4.69) is 26.1 Å². The number of anilines is 2. The number of fused-ring (bicyclic) bond motifs is 1. The maximum atomic E-state index is 6.03. The molecule has 0 radical (unpaired) electrons. The molecular formula is C14H22N2O2. The molecule has 0 spiro atoms. The Balaban J connectivity index is 2.13. The van der Waals surface area contributed by atoms with Crippen LogP contribution in [0.2, 0.25) is 0 Å². The van der Waals surface area contributed by atoms with E-state index in [9.17, 15) is 0 Å². The van der Waals surface area contributed by atoms with Crippen molar-refractivity contribution in [2.24, 2.45) is 5.92 Å². The van der Waals surface area contributed by atoms with Crippen molar-refractivity contribution in [3.8, 4) is 11.5 Å². The van der Waals surface area contributed by atoms with E-state index in [4.69, 9.17) is 15.2 Å². The van der Waals surface area contributed by atoms with Crippen molar-refractivity contribution in [1.29, 1.82) is 0 Å². The third kappa shape index (κ3) is 3.00. The van der Waals surface area contributed by atoms with Gasteiger partial charge in [-0.25, -0.2) is 0 Å². The molecule has 0 saturated carbocycles. The van der Waals surface area contributed by atoms with E-state index in [1.165, 1.54) is 0 Å². The lowest BCUT2D eigenvalue weighted by Gasteiger charge is -2.23. The van der Waals surface area contributed by atoms with E-state index in [0.29, 0.717) is 30.9 Å². The van der Waals surface area contributed by atoms with Gasteiger partial charge in [0.15, 0.2) is 11.5 Å². The highest BCUT2D eigenvalue weighted by Crippen LogP contribution is 2.37. The largest absolute Gasteiger partial charge is 0.486 e. The van der Waals surface area contributed by atoms with Crippen LogP contribution in [0.25, 0.3) is 0 Å². The minimum atomic E-state index is 0.384. The molecule has 1 unspecified atom stereocenters. The molecule has 0 bridgehead atoms. The molecule has 1 atom stereocenters. The topological polar surface area (TPSA) is 56.5 Å². The fraction of sp³-hybridized carbons (Fsp3) is 0.571. The maximum Gasteiger partial charge on any atom is 0.163 e. The quantitative estimate of drug-likeness (QED) is 0.807. The van der Waals surface area contributed by atoms with Crippen molar-refractivity contribution in [2.75, 3.05) is 24.3 Å². The Morgan fingerprint density at radius 3 is 2.39 bits per heavy atom. The van der Waals surface area contributed by atoms with Crippen LogP contribution in [-0.2, 0) is 0 Å². The Bertz CT molecular complexity index is 419. The molecule has 100 valence electrons. The van der Waals surface area contributed by atoms with Gasteiger partial charge in [0, 0.05) is 18.2 Å². The average Bonchev–Trinajstić information content (AvgIpc) is 2.29. The van der Waals surface area contributed by atoms with Gasteiger partial charge >= 0.3 is 0 Å². The molecule has 0 amide bonds. The molecule has 2 rings (SSSR count). The Morgan fingerprint density at radius 2 is 1.78 bits per heavy atom. The van der Waals surface area contributed by atoms with Crippen molar-refractivity contribution in [1.82, 2.24) is 0 Å². The third-order valence-electron chi connectivity index (χ3n) is 2.94. The average molecular weight is 250 g/mol. The van der Waals surface area contributed by atoms with E-state index >= 15 is 0 Å². The van der Waals surface area contributed by atoms with Crippen LogP contribution in [0, 0.1) is 5.92 Å². The summed E-state index contributed by atoms with van der Waals surface area (Å²) in [6, 6.07) is 4.15. The first-order valence-electron chi connectivity index (χ1n) is 6.52. The van der Waals surface area contributed by atoms with Gasteiger partial charge < -0.3 is 20.5 Å². The van der Waals surface area contributed by atoms with Crippen LogP contribution in [0.5, 0.6) is 11.5 Å². The Hall–Kier alpha value is -1.58. The Morgan fingerprint density at radius 1 is 1.17 bits per heavy atom. The summed E-state index contributed by atoms with van der Waals surface area (Å²) >= 11 is 0. The standard InChI is InChI=1S/C14H22N2O2/c1-9(2)6-10(3)16-12-8-14-13(7-11(12)15)17-4-5-18-14/h7-10,16H,4-6,15H2,1-3H3. The zero-order valence-electron chi connectivity index (χ0n) is 11.3. The molecule has 4 heteroatoms. The highest BCUT2D eigenvalue weighted by atomic mass is 16.6. The summed E-state index contributed by atoms with van der Waals surface area (Å²) in [5, 5.41) is 3.43. The molecule has 0 aliphatic carbocycles. The van der Waals surface area contributed by atoms with Crippen molar-refractivity contribution in [3.63, 3.8) is 0 Å². The highest BCUT2D eigenvalue weighted by Gasteiger charge is 2.15. The molecule has 4 nitrogen and oxygen atoms in total. The molecule has 1 aliphatic heterocycles. The van der Waals surface area contributed by atoms with Gasteiger partial charge in [-0.3, -0.25) is 0 Å². The molecule has 3 N–H and O–H groups in total. The van der Waals surface area contributed by atoms with Crippen molar-refractivity contribution >= 4 is 11.4 Å². The lowest BCUT2D eigenvalue weighted by molar-refractivity contribution is 0.172. The van der Waals surface area contributed by atoms with E-state index in [0.717, 1.165) is 23.6 Å². The summed E-state index contributed by atoms with van der Waals surface area (Å²) in [6.45, 7) is 7.77. The van der Waals surface area contributed by atoms with Crippen LogP contribution < -0.4 is 20.5 Å². The number of rotatable bonds is 4. The second-order valence-corrected chi connectivity index (χ2v) is 5.26. The van der Waals surface area contributed by atoms with Gasteiger partial charge in [-0.15, -0.1) is 0 Å². The smallest absolute Gasteiger partial charge is 0.163 e. The van der Waals surface area contributed by atoms with Gasteiger partial charge in [0.05, 0.1) is 11.4 Å². The van der Waals surface area contributed by atoms with Crippen molar-refractivity contribution in [3.05, 3.63) is 12.1 Å². The van der Waals surface area contributed by atoms with Gasteiger partial charge in [0.1, 0.15) is 13.2 Å². The second kappa shape index (κ2) is 5.38. The van der Waals surface area contributed by atoms with Gasteiger partial charge in [0.25, 0.3) is 0 Å². The van der Waals surface area contributed by atoms with Gasteiger partial charge in [-0.1, -0.05) is 13.8 Å². The van der Waals surface area contributed by atoms with Crippen molar-refractivity contribution in [2.45, 2.75) is 33.2 Å². The predicted octanol–water partition coefficient (Wildman–Crippen LogP) is 2.89. The summed E-state index contributed by atoms with van der Waals surface area (Å²) in [6.07, 6.45) is 1.11. The monoisotopic (exact) mass is 250 g/mol. The minimum Gasteiger partial charge on any atom is -0.486 e. The van der Waals surface area contributed by atoms with Gasteiger partial charge in [-0.2, -0.15) is 0 Å². The number of hydrogen-bond donors (Lipinski definition) is 2. The summed E-state index contributed by atoms with van der Waals surface area (Å²) in [4.78, 5) is 0. The molecular weight excluding hydrogens is 228 g/mol. The van der Waals surface area contributed by atoms with Crippen LogP contribution in [0.15, 0.2) is 12.1 Å². The van der Waals surface area contributed by atoms with E-state index in [-0.39, 0.29) is 0 Å². The number of nitrogens with one attached hydrogen (secondary N) is 1. The zero-order chi connectivity index (χ0) is 13.1. The summed E-state index contributed by atoms with van der Waals surface area (Å²) in [5.74, 6) is 2.17. The second-order valence-electron chi connectivity index (χ2n) is 5.26. The molecule has 1 aromatic rings. The fourth-order valence-electron chi connectivity index (χ4n) is 2.26. The fourth-order valence-corrected chi connectivity index (χ4v) is 2.26. The number of nitrogen functional groups attached to an aromatic ring is 1. The number of hydrogen-bond acceptors (Lipinski definition) is 4. The first kappa shape index (κ1) is 12.9. The molecule has 0 saturated heterocycles. The third-order valence-corrected chi connectivity index (χ3v) is 2.94. The first-order valence-corrected chi connectivity index (χ1v) is 6.52. The molecule has 0 aromatic heterocycles. The molecule has 1 heterocycles. The zero-order valence-corrected chi connectivity index (χ0v) is 11.3. The molecule has 0 fully saturated rings. The van der Waals surface area contributed by atoms with E-state index in [1.807, 2.05) is 12.1 Å². The Labute approximate surface area is 108 Å². The minimum absolute atomic E-state index is 0.384. The van der Waals surface area contributed by atoms with Crippen LogP contribution in [0.1, 0.15) is 27.2 Å². The molecule has 1 aliphatic rings. The number of nitrogens with two attached hydrogens (primary N) is 1. The highest BCUT2D eigenvalue weighted by molar-refractivity contribution is 5.72.